The van der Waals surface area contributed by atoms with Crippen molar-refractivity contribution in [3.8, 4) is 5.75 Å². The molecule has 1 atom stereocenters. The van der Waals surface area contributed by atoms with Crippen molar-refractivity contribution in [3.63, 3.8) is 0 Å². The van der Waals surface area contributed by atoms with Gasteiger partial charge < -0.3 is 14.6 Å². The zero-order valence-electron chi connectivity index (χ0n) is 21.5. The van der Waals surface area contributed by atoms with Crippen LogP contribution >= 0.6 is 0 Å². The molecule has 0 saturated heterocycles. The van der Waals surface area contributed by atoms with E-state index in [9.17, 15) is 9.18 Å². The molecule has 0 saturated carbocycles. The summed E-state index contributed by atoms with van der Waals surface area (Å²) in [5.41, 5.74) is 4.96. The van der Waals surface area contributed by atoms with Gasteiger partial charge in [0.25, 0.3) is 0 Å². The van der Waals surface area contributed by atoms with Crippen LogP contribution in [0.4, 0.5) is 10.1 Å². The second-order valence-electron chi connectivity index (χ2n) is 10.0. The number of hydrogen-bond donors (Lipinski definition) is 1. The number of ether oxygens (including phenoxy) is 1. The minimum absolute atomic E-state index is 0.00813. The molecule has 0 spiro atoms. The van der Waals surface area contributed by atoms with Gasteiger partial charge in [-0.2, -0.15) is 0 Å². The molecule has 1 unspecified atom stereocenters. The van der Waals surface area contributed by atoms with E-state index in [-0.39, 0.29) is 17.6 Å². The lowest BCUT2D eigenvalue weighted by Crippen LogP contribution is -2.14. The van der Waals surface area contributed by atoms with Crippen LogP contribution in [0.3, 0.4) is 0 Å². The Morgan fingerprint density at radius 3 is 2.57 bits per heavy atom. The number of unbranched alkanes of at least 4 members (excludes halogenated alkanes) is 5. The van der Waals surface area contributed by atoms with Crippen LogP contribution in [0.15, 0.2) is 72.9 Å². The highest BCUT2D eigenvalue weighted by atomic mass is 19.1. The van der Waals surface area contributed by atoms with Crippen LogP contribution in [0, 0.1) is 5.82 Å². The van der Waals surface area contributed by atoms with Crippen LogP contribution in [0.5, 0.6) is 5.75 Å². The average molecular weight is 499 g/mol. The molecule has 0 radical (unpaired) electrons. The summed E-state index contributed by atoms with van der Waals surface area (Å²) in [6.45, 7) is 3.52. The summed E-state index contributed by atoms with van der Waals surface area (Å²) in [5.74, 6) is 0.561. The van der Waals surface area contributed by atoms with E-state index in [4.69, 9.17) is 4.74 Å². The second-order valence-corrected chi connectivity index (χ2v) is 10.0. The van der Waals surface area contributed by atoms with Crippen molar-refractivity contribution < 1.29 is 13.9 Å². The molecule has 1 aliphatic heterocycles. The fourth-order valence-electron chi connectivity index (χ4n) is 5.38. The number of nitrogens with zero attached hydrogens (tertiary/aromatic N) is 1. The Bertz CT molecular complexity index is 1360. The Balaban J connectivity index is 1.37. The third kappa shape index (κ3) is 5.87. The van der Waals surface area contributed by atoms with Crippen molar-refractivity contribution in [2.75, 3.05) is 11.9 Å². The summed E-state index contributed by atoms with van der Waals surface area (Å²) in [7, 11) is 0. The van der Waals surface area contributed by atoms with Gasteiger partial charge in [-0.1, -0.05) is 69.4 Å². The monoisotopic (exact) mass is 498 g/mol. The van der Waals surface area contributed by atoms with Gasteiger partial charge in [-0.25, -0.2) is 4.39 Å². The minimum atomic E-state index is -0.236. The van der Waals surface area contributed by atoms with Gasteiger partial charge in [-0.15, -0.1) is 0 Å². The number of halogens is 1. The molecule has 2 heterocycles. The maximum Gasteiger partial charge on any atom is 0.225 e. The van der Waals surface area contributed by atoms with E-state index in [1.807, 2.05) is 30.3 Å². The van der Waals surface area contributed by atoms with Crippen molar-refractivity contribution in [1.82, 2.24) is 4.57 Å². The highest BCUT2D eigenvalue weighted by Gasteiger charge is 2.28. The number of nitrogens with one attached hydrogen (secondary N) is 1. The maximum absolute atomic E-state index is 13.8. The molecule has 0 bridgehead atoms. The van der Waals surface area contributed by atoms with Crippen LogP contribution < -0.4 is 10.1 Å². The van der Waals surface area contributed by atoms with Crippen LogP contribution in [0.1, 0.15) is 74.5 Å². The lowest BCUT2D eigenvalue weighted by atomic mass is 9.88. The largest absolute Gasteiger partial charge is 0.494 e. The van der Waals surface area contributed by atoms with Crippen molar-refractivity contribution in [3.05, 3.63) is 95.4 Å². The molecule has 192 valence electrons. The summed E-state index contributed by atoms with van der Waals surface area (Å²) in [5, 5.41) is 4.15. The predicted molar refractivity (Wildman–Crippen MR) is 148 cm³/mol. The third-order valence-electron chi connectivity index (χ3n) is 7.27. The van der Waals surface area contributed by atoms with Crippen LogP contribution in [-0.4, -0.2) is 17.1 Å². The first kappa shape index (κ1) is 25.1. The van der Waals surface area contributed by atoms with Gasteiger partial charge >= 0.3 is 0 Å². The van der Waals surface area contributed by atoms with Crippen molar-refractivity contribution in [2.45, 2.75) is 64.3 Å². The average Bonchev–Trinajstić information content (AvgIpc) is 3.18. The van der Waals surface area contributed by atoms with Gasteiger partial charge in [0, 0.05) is 30.5 Å². The Morgan fingerprint density at radius 2 is 1.76 bits per heavy atom. The highest BCUT2D eigenvalue weighted by Crippen LogP contribution is 2.41. The predicted octanol–water partition coefficient (Wildman–Crippen LogP) is 8.04. The smallest absolute Gasteiger partial charge is 0.225 e. The van der Waals surface area contributed by atoms with Crippen LogP contribution in [0.2, 0.25) is 0 Å². The van der Waals surface area contributed by atoms with Gasteiger partial charge in [0.15, 0.2) is 0 Å². The molecule has 1 amide bonds. The fraction of sp³-hybridized carbons (Fsp3) is 0.344. The standard InChI is InChI=1S/C32H35FN2O2/c1-2-3-4-5-6-7-18-37-26-16-14-24(15-17-26)27-20-31(36)34-29-12-9-13-30-32(29)28(27)22-35(30)21-23-10-8-11-25(33)19-23/h8-17,19,22,27H,2-7,18,20-21H2,1H3,(H,34,36). The lowest BCUT2D eigenvalue weighted by molar-refractivity contribution is -0.116. The molecule has 0 aliphatic carbocycles. The number of carbonyl (C=O) groups excluding carboxylic acids is 1. The SMILES string of the molecule is CCCCCCCCOc1ccc(C2CC(=O)Nc3cccc4c3c2cn4Cc2cccc(F)c2)cc1. The molecule has 5 heteroatoms. The molecule has 1 N–H and O–H groups in total. The highest BCUT2D eigenvalue weighted by molar-refractivity contribution is 6.06. The van der Waals surface area contributed by atoms with Gasteiger partial charge in [0.2, 0.25) is 5.91 Å². The number of hydrogen-bond acceptors (Lipinski definition) is 2. The number of rotatable bonds is 11. The summed E-state index contributed by atoms with van der Waals surface area (Å²) in [6.07, 6.45) is 9.93. The van der Waals surface area contributed by atoms with Crippen molar-refractivity contribution >= 4 is 22.5 Å². The quantitative estimate of drug-likeness (QED) is 0.213. The molecule has 0 fully saturated rings. The van der Waals surface area contributed by atoms with E-state index < -0.39 is 0 Å². The molecule has 4 nitrogen and oxygen atoms in total. The number of amides is 1. The first-order valence-electron chi connectivity index (χ1n) is 13.5. The normalized spacial score (nSPS) is 15.0. The van der Waals surface area contributed by atoms with E-state index in [2.05, 4.69) is 41.2 Å². The van der Waals surface area contributed by atoms with Crippen LogP contribution in [0.25, 0.3) is 10.9 Å². The Morgan fingerprint density at radius 1 is 0.973 bits per heavy atom. The summed E-state index contributed by atoms with van der Waals surface area (Å²) in [4.78, 5) is 12.8. The molecule has 37 heavy (non-hydrogen) atoms. The first-order valence-corrected chi connectivity index (χ1v) is 13.5. The Labute approximate surface area is 218 Å². The maximum atomic E-state index is 13.8. The molecule has 3 aromatic carbocycles. The minimum Gasteiger partial charge on any atom is -0.494 e. The zero-order valence-corrected chi connectivity index (χ0v) is 21.5. The van der Waals surface area contributed by atoms with E-state index in [0.717, 1.165) is 52.1 Å². The molecular weight excluding hydrogens is 463 g/mol. The summed E-state index contributed by atoms with van der Waals surface area (Å²) in [6, 6.07) is 20.9. The topological polar surface area (TPSA) is 43.3 Å². The van der Waals surface area contributed by atoms with Gasteiger partial charge in [0.05, 0.1) is 17.8 Å². The fourth-order valence-corrected chi connectivity index (χ4v) is 5.38. The van der Waals surface area contributed by atoms with E-state index in [1.165, 1.54) is 38.2 Å². The number of aromatic nitrogens is 1. The molecule has 1 aliphatic rings. The van der Waals surface area contributed by atoms with Crippen LogP contribution in [-0.2, 0) is 11.3 Å². The number of carbonyl (C=O) groups is 1. The van der Waals surface area contributed by atoms with E-state index >= 15 is 0 Å². The number of benzene rings is 3. The lowest BCUT2D eigenvalue weighted by Gasteiger charge is -2.15. The summed E-state index contributed by atoms with van der Waals surface area (Å²) < 4.78 is 22.0. The van der Waals surface area contributed by atoms with E-state index in [1.54, 1.807) is 12.1 Å². The number of anilines is 1. The zero-order chi connectivity index (χ0) is 25.6. The Hall–Kier alpha value is -3.60. The van der Waals surface area contributed by atoms with Gasteiger partial charge in [-0.05, 0) is 59.5 Å². The van der Waals surface area contributed by atoms with Crippen molar-refractivity contribution in [2.24, 2.45) is 0 Å². The first-order chi connectivity index (χ1) is 18.1. The molecule has 4 aromatic rings. The van der Waals surface area contributed by atoms with E-state index in [0.29, 0.717) is 13.0 Å². The molecular formula is C32H35FN2O2. The molecule has 1 aromatic heterocycles. The van der Waals surface area contributed by atoms with Gasteiger partial charge in [0.1, 0.15) is 11.6 Å². The molecule has 5 rings (SSSR count). The Kier molecular flexibility index (Phi) is 7.88. The van der Waals surface area contributed by atoms with Gasteiger partial charge in [-0.3, -0.25) is 4.79 Å². The summed E-state index contributed by atoms with van der Waals surface area (Å²) >= 11 is 0. The second kappa shape index (κ2) is 11.6. The third-order valence-corrected chi connectivity index (χ3v) is 7.27. The van der Waals surface area contributed by atoms with Crippen molar-refractivity contribution in [1.29, 1.82) is 0 Å².